The van der Waals surface area contributed by atoms with Crippen molar-refractivity contribution in [3.05, 3.63) is 46.0 Å². The Morgan fingerprint density at radius 3 is 2.55 bits per heavy atom. The minimum absolute atomic E-state index is 0.00369. The molecule has 0 atom stereocenters. The molecule has 1 aromatic carbocycles. The second-order valence-corrected chi connectivity index (χ2v) is 4.24. The highest BCUT2D eigenvalue weighted by Gasteiger charge is 2.15. The molecule has 0 unspecified atom stereocenters. The fourth-order valence-electron chi connectivity index (χ4n) is 1.85. The first kappa shape index (κ1) is 13.7. The number of imidazole rings is 1. The van der Waals surface area contributed by atoms with E-state index in [4.69, 9.17) is 9.84 Å². The van der Waals surface area contributed by atoms with Gasteiger partial charge in [0.15, 0.2) is 0 Å². The predicted molar refractivity (Wildman–Crippen MR) is 70.2 cm³/mol. The summed E-state index contributed by atoms with van der Waals surface area (Å²) in [6, 6.07) is 6.99. The van der Waals surface area contributed by atoms with Crippen LogP contribution in [0.15, 0.2) is 29.1 Å². The summed E-state index contributed by atoms with van der Waals surface area (Å²) in [5, 5.41) is 18.5. The topological polar surface area (TPSA) is 105 Å². The standard InChI is InChI=1S/C13H14N2O5/c1-20-9-4-2-8(3-5-9)7-15-12(18)10(6-11(16)17)14-13(15)19/h2-5,18H,6-7H2,1H3,(H,14,19)(H,16,17). The van der Waals surface area contributed by atoms with Crippen molar-refractivity contribution >= 4 is 5.97 Å². The summed E-state index contributed by atoms with van der Waals surface area (Å²) < 4.78 is 6.11. The highest BCUT2D eigenvalue weighted by atomic mass is 16.5. The number of carbonyl (C=O) groups is 1. The highest BCUT2D eigenvalue weighted by molar-refractivity contribution is 5.70. The smallest absolute Gasteiger partial charge is 0.328 e. The number of rotatable bonds is 5. The Hall–Kier alpha value is -2.70. The molecule has 0 spiro atoms. The highest BCUT2D eigenvalue weighted by Crippen LogP contribution is 2.17. The van der Waals surface area contributed by atoms with Crippen LogP contribution in [0.2, 0.25) is 0 Å². The van der Waals surface area contributed by atoms with Crippen LogP contribution in [0.3, 0.4) is 0 Å². The molecular weight excluding hydrogens is 264 g/mol. The largest absolute Gasteiger partial charge is 0.497 e. The lowest BCUT2D eigenvalue weighted by Crippen LogP contribution is -2.17. The lowest BCUT2D eigenvalue weighted by atomic mass is 10.2. The first-order valence-corrected chi connectivity index (χ1v) is 5.86. The maximum absolute atomic E-state index is 11.7. The summed E-state index contributed by atoms with van der Waals surface area (Å²) in [5.74, 6) is -0.794. The Bertz CT molecular complexity index is 669. The van der Waals surface area contributed by atoms with Gasteiger partial charge in [-0.3, -0.25) is 9.36 Å². The van der Waals surface area contributed by atoms with Crippen molar-refractivity contribution in [1.82, 2.24) is 9.55 Å². The van der Waals surface area contributed by atoms with Crippen LogP contribution in [0.5, 0.6) is 11.6 Å². The Morgan fingerprint density at radius 1 is 1.35 bits per heavy atom. The molecule has 3 N–H and O–H groups in total. The van der Waals surface area contributed by atoms with Crippen molar-refractivity contribution in [3.63, 3.8) is 0 Å². The zero-order valence-electron chi connectivity index (χ0n) is 10.8. The molecule has 2 rings (SSSR count). The van der Waals surface area contributed by atoms with Crippen molar-refractivity contribution in [1.29, 1.82) is 0 Å². The third kappa shape index (κ3) is 2.82. The van der Waals surface area contributed by atoms with Crippen molar-refractivity contribution < 1.29 is 19.7 Å². The number of hydrogen-bond donors (Lipinski definition) is 3. The Kier molecular flexibility index (Phi) is 3.79. The molecule has 0 saturated carbocycles. The zero-order chi connectivity index (χ0) is 14.7. The second kappa shape index (κ2) is 5.52. The molecule has 0 bridgehead atoms. The van der Waals surface area contributed by atoms with E-state index in [2.05, 4.69) is 4.98 Å². The van der Waals surface area contributed by atoms with Crippen molar-refractivity contribution in [3.8, 4) is 11.6 Å². The second-order valence-electron chi connectivity index (χ2n) is 4.24. The molecule has 106 valence electrons. The molecule has 0 aliphatic carbocycles. The molecule has 0 radical (unpaired) electrons. The number of aliphatic carboxylic acids is 1. The van der Waals surface area contributed by atoms with E-state index in [1.54, 1.807) is 31.4 Å². The van der Waals surface area contributed by atoms with Gasteiger partial charge in [0.1, 0.15) is 5.75 Å². The number of nitrogens with zero attached hydrogens (tertiary/aromatic N) is 1. The van der Waals surface area contributed by atoms with Gasteiger partial charge in [-0.15, -0.1) is 0 Å². The van der Waals surface area contributed by atoms with Crippen LogP contribution in [-0.2, 0) is 17.8 Å². The molecule has 20 heavy (non-hydrogen) atoms. The number of H-pyrrole nitrogens is 1. The molecule has 0 aliphatic heterocycles. The maximum atomic E-state index is 11.7. The monoisotopic (exact) mass is 278 g/mol. The minimum Gasteiger partial charge on any atom is -0.497 e. The van der Waals surface area contributed by atoms with Gasteiger partial charge in [-0.05, 0) is 17.7 Å². The summed E-state index contributed by atoms with van der Waals surface area (Å²) in [5.41, 5.74) is 0.231. The van der Waals surface area contributed by atoms with Gasteiger partial charge in [-0.1, -0.05) is 12.1 Å². The minimum atomic E-state index is -1.13. The molecule has 0 aliphatic rings. The number of hydrogen-bond acceptors (Lipinski definition) is 4. The van der Waals surface area contributed by atoms with E-state index in [9.17, 15) is 14.7 Å². The first-order chi connectivity index (χ1) is 9.51. The molecule has 1 aromatic heterocycles. The molecule has 7 heteroatoms. The first-order valence-electron chi connectivity index (χ1n) is 5.86. The quantitative estimate of drug-likeness (QED) is 0.741. The van der Waals surface area contributed by atoms with Gasteiger partial charge in [0, 0.05) is 0 Å². The van der Waals surface area contributed by atoms with E-state index >= 15 is 0 Å². The number of aromatic nitrogens is 2. The van der Waals surface area contributed by atoms with Gasteiger partial charge in [-0.25, -0.2) is 4.79 Å². The Balaban J connectivity index is 2.26. The van der Waals surface area contributed by atoms with Crippen molar-refractivity contribution in [2.75, 3.05) is 7.11 Å². The van der Waals surface area contributed by atoms with E-state index in [0.717, 1.165) is 10.1 Å². The van der Waals surface area contributed by atoms with Crippen LogP contribution in [0.4, 0.5) is 0 Å². The Morgan fingerprint density at radius 2 is 2.00 bits per heavy atom. The fraction of sp³-hybridized carbons (Fsp3) is 0.231. The fourth-order valence-corrected chi connectivity index (χ4v) is 1.85. The van der Waals surface area contributed by atoms with Crippen LogP contribution in [0.1, 0.15) is 11.3 Å². The van der Waals surface area contributed by atoms with E-state index in [1.165, 1.54) is 0 Å². The summed E-state index contributed by atoms with van der Waals surface area (Å²) >= 11 is 0. The van der Waals surface area contributed by atoms with Gasteiger partial charge in [0.2, 0.25) is 5.88 Å². The summed E-state index contributed by atoms with van der Waals surface area (Å²) in [4.78, 5) is 24.7. The summed E-state index contributed by atoms with van der Waals surface area (Å²) in [7, 11) is 1.55. The van der Waals surface area contributed by atoms with E-state index in [-0.39, 0.29) is 18.1 Å². The van der Waals surface area contributed by atoms with Crippen LogP contribution in [0.25, 0.3) is 0 Å². The molecule has 0 amide bonds. The van der Waals surface area contributed by atoms with Gasteiger partial charge in [-0.2, -0.15) is 0 Å². The third-order valence-electron chi connectivity index (χ3n) is 2.86. The van der Waals surface area contributed by atoms with Crippen molar-refractivity contribution in [2.45, 2.75) is 13.0 Å². The molecule has 0 fully saturated rings. The van der Waals surface area contributed by atoms with E-state index < -0.39 is 18.1 Å². The number of carboxylic acids is 1. The summed E-state index contributed by atoms with van der Waals surface area (Å²) in [6.45, 7) is 0.144. The number of ether oxygens (including phenoxy) is 1. The summed E-state index contributed by atoms with van der Waals surface area (Å²) in [6.07, 6.45) is -0.434. The van der Waals surface area contributed by atoms with Crippen LogP contribution in [0, 0.1) is 0 Å². The lowest BCUT2D eigenvalue weighted by molar-refractivity contribution is -0.136. The number of aromatic hydroxyl groups is 1. The lowest BCUT2D eigenvalue weighted by Gasteiger charge is -2.05. The normalized spacial score (nSPS) is 10.4. The van der Waals surface area contributed by atoms with Gasteiger partial charge >= 0.3 is 11.7 Å². The third-order valence-corrected chi connectivity index (χ3v) is 2.86. The average Bonchev–Trinajstić information content (AvgIpc) is 2.66. The van der Waals surface area contributed by atoms with Crippen LogP contribution in [-0.4, -0.2) is 32.8 Å². The molecule has 1 heterocycles. The van der Waals surface area contributed by atoms with E-state index in [1.807, 2.05) is 0 Å². The SMILES string of the molecule is COc1ccc(Cn2c(O)c(CC(=O)O)[nH]c2=O)cc1. The van der Waals surface area contributed by atoms with E-state index in [0.29, 0.717) is 5.75 Å². The predicted octanol–water partition coefficient (Wildman–Crippen LogP) is 0.566. The number of carboxylic acid groups (broad SMARTS) is 1. The van der Waals surface area contributed by atoms with Gasteiger partial charge < -0.3 is 19.9 Å². The van der Waals surface area contributed by atoms with Crippen LogP contribution < -0.4 is 10.4 Å². The number of aromatic amines is 1. The number of methoxy groups -OCH3 is 1. The Labute approximate surface area is 114 Å². The molecule has 7 nitrogen and oxygen atoms in total. The van der Waals surface area contributed by atoms with Gasteiger partial charge in [0.25, 0.3) is 0 Å². The van der Waals surface area contributed by atoms with Crippen LogP contribution >= 0.6 is 0 Å². The average molecular weight is 278 g/mol. The molecule has 0 saturated heterocycles. The number of nitrogens with one attached hydrogen (secondary N) is 1. The molecule has 2 aromatic rings. The number of benzene rings is 1. The zero-order valence-corrected chi connectivity index (χ0v) is 10.8. The molecular formula is C13H14N2O5. The van der Waals surface area contributed by atoms with Gasteiger partial charge in [0.05, 0.1) is 25.8 Å². The maximum Gasteiger partial charge on any atom is 0.328 e. The van der Waals surface area contributed by atoms with Crippen molar-refractivity contribution in [2.24, 2.45) is 0 Å².